The molecule has 3 rings (SSSR count). The minimum absolute atomic E-state index is 0.851. The van der Waals surface area contributed by atoms with Gasteiger partial charge in [0.15, 0.2) is 0 Å². The minimum Gasteiger partial charge on any atom is -0.389 e. The number of hydrogen-bond acceptors (Lipinski definition) is 4. The number of aromatic nitrogens is 1. The first-order chi connectivity index (χ1) is 8.33. The highest BCUT2D eigenvalue weighted by molar-refractivity contribution is 7.13. The lowest BCUT2D eigenvalue weighted by molar-refractivity contribution is 0.243. The monoisotopic (exact) mass is 245 g/mol. The quantitative estimate of drug-likeness (QED) is 0.882. The standard InChI is InChI=1S/C13H15N3S/c14-13-12(15-9-17-13)8-16-6-5-10-3-1-2-4-11(10)7-16/h1-4,9H,5-8,14H2. The summed E-state index contributed by atoms with van der Waals surface area (Å²) in [7, 11) is 0. The van der Waals surface area contributed by atoms with E-state index < -0.39 is 0 Å². The third-order valence-corrected chi connectivity index (χ3v) is 3.96. The van der Waals surface area contributed by atoms with E-state index in [4.69, 9.17) is 5.73 Å². The largest absolute Gasteiger partial charge is 0.389 e. The van der Waals surface area contributed by atoms with Crippen molar-refractivity contribution in [1.82, 2.24) is 9.88 Å². The number of benzene rings is 1. The van der Waals surface area contributed by atoms with Crippen LogP contribution in [0.15, 0.2) is 29.8 Å². The van der Waals surface area contributed by atoms with Gasteiger partial charge in [-0.15, -0.1) is 11.3 Å². The Morgan fingerprint density at radius 3 is 2.88 bits per heavy atom. The van der Waals surface area contributed by atoms with Crippen LogP contribution in [0.25, 0.3) is 0 Å². The Kier molecular flexibility index (Phi) is 2.82. The Morgan fingerprint density at radius 2 is 2.12 bits per heavy atom. The van der Waals surface area contributed by atoms with Crippen LogP contribution in [-0.2, 0) is 19.5 Å². The average Bonchev–Trinajstić information content (AvgIpc) is 2.75. The Morgan fingerprint density at radius 1 is 1.29 bits per heavy atom. The van der Waals surface area contributed by atoms with Crippen molar-refractivity contribution in [2.24, 2.45) is 0 Å². The molecule has 2 N–H and O–H groups in total. The average molecular weight is 245 g/mol. The third kappa shape index (κ3) is 2.18. The maximum absolute atomic E-state index is 5.88. The van der Waals surface area contributed by atoms with Crippen molar-refractivity contribution in [1.29, 1.82) is 0 Å². The van der Waals surface area contributed by atoms with Crippen molar-refractivity contribution >= 4 is 16.3 Å². The normalized spacial score (nSPS) is 15.8. The molecule has 0 amide bonds. The van der Waals surface area contributed by atoms with Gasteiger partial charge in [-0.2, -0.15) is 0 Å². The van der Waals surface area contributed by atoms with E-state index >= 15 is 0 Å². The number of nitrogens with two attached hydrogens (primary N) is 1. The van der Waals surface area contributed by atoms with Crippen molar-refractivity contribution in [3.63, 3.8) is 0 Å². The molecule has 4 heteroatoms. The summed E-state index contributed by atoms with van der Waals surface area (Å²) in [4.78, 5) is 6.73. The van der Waals surface area contributed by atoms with Gasteiger partial charge in [-0.05, 0) is 17.5 Å². The van der Waals surface area contributed by atoms with Crippen LogP contribution in [0, 0.1) is 0 Å². The first-order valence-electron chi connectivity index (χ1n) is 5.80. The molecular formula is C13H15N3S. The van der Waals surface area contributed by atoms with Crippen molar-refractivity contribution < 1.29 is 0 Å². The predicted octanol–water partition coefficient (Wildman–Crippen LogP) is 2.28. The second kappa shape index (κ2) is 4.47. The Balaban J connectivity index is 1.74. The van der Waals surface area contributed by atoms with Gasteiger partial charge in [0.05, 0.1) is 11.2 Å². The van der Waals surface area contributed by atoms with Gasteiger partial charge in [0.1, 0.15) is 5.00 Å². The van der Waals surface area contributed by atoms with Gasteiger partial charge in [0.2, 0.25) is 0 Å². The molecule has 1 aromatic heterocycles. The molecule has 0 saturated heterocycles. The van der Waals surface area contributed by atoms with Crippen LogP contribution in [-0.4, -0.2) is 16.4 Å². The number of fused-ring (bicyclic) bond motifs is 1. The van der Waals surface area contributed by atoms with E-state index in [2.05, 4.69) is 34.1 Å². The number of rotatable bonds is 2. The zero-order chi connectivity index (χ0) is 11.7. The van der Waals surface area contributed by atoms with Gasteiger partial charge in [0.25, 0.3) is 0 Å². The molecule has 88 valence electrons. The third-order valence-electron chi connectivity index (χ3n) is 3.26. The van der Waals surface area contributed by atoms with E-state index in [1.165, 1.54) is 22.5 Å². The minimum atomic E-state index is 0.851. The van der Waals surface area contributed by atoms with Crippen molar-refractivity contribution in [2.75, 3.05) is 12.3 Å². The molecule has 2 heterocycles. The van der Waals surface area contributed by atoms with Crippen molar-refractivity contribution in [3.05, 3.63) is 46.6 Å². The van der Waals surface area contributed by atoms with Crippen molar-refractivity contribution in [2.45, 2.75) is 19.5 Å². The summed E-state index contributed by atoms with van der Waals surface area (Å²) in [6.07, 6.45) is 1.13. The summed E-state index contributed by atoms with van der Waals surface area (Å²) in [6.45, 7) is 2.96. The van der Waals surface area contributed by atoms with Crippen LogP contribution in [0.2, 0.25) is 0 Å². The molecule has 0 unspecified atom stereocenters. The van der Waals surface area contributed by atoms with E-state index in [-0.39, 0.29) is 0 Å². The number of anilines is 1. The molecule has 0 spiro atoms. The lowest BCUT2D eigenvalue weighted by Gasteiger charge is -2.28. The summed E-state index contributed by atoms with van der Waals surface area (Å²) in [6, 6.07) is 8.67. The zero-order valence-electron chi connectivity index (χ0n) is 9.60. The van der Waals surface area contributed by atoms with E-state index in [0.29, 0.717) is 0 Å². The smallest absolute Gasteiger partial charge is 0.110 e. The van der Waals surface area contributed by atoms with Gasteiger partial charge in [-0.3, -0.25) is 4.90 Å². The Labute approximate surface area is 105 Å². The highest BCUT2D eigenvalue weighted by Crippen LogP contribution is 2.22. The lowest BCUT2D eigenvalue weighted by atomic mass is 10.00. The second-order valence-corrected chi connectivity index (χ2v) is 5.28. The molecule has 1 aliphatic heterocycles. The summed E-state index contributed by atoms with van der Waals surface area (Å²) >= 11 is 1.52. The SMILES string of the molecule is Nc1scnc1CN1CCc2ccccc2C1. The molecule has 0 bridgehead atoms. The van der Waals surface area contributed by atoms with Gasteiger partial charge >= 0.3 is 0 Å². The molecule has 0 aliphatic carbocycles. The summed E-state index contributed by atoms with van der Waals surface area (Å²) < 4.78 is 0. The molecule has 17 heavy (non-hydrogen) atoms. The van der Waals surface area contributed by atoms with Crippen LogP contribution in [0.1, 0.15) is 16.8 Å². The van der Waals surface area contributed by atoms with E-state index in [0.717, 1.165) is 36.8 Å². The van der Waals surface area contributed by atoms with Gasteiger partial charge < -0.3 is 5.73 Å². The van der Waals surface area contributed by atoms with Gasteiger partial charge in [0, 0.05) is 19.6 Å². The van der Waals surface area contributed by atoms with Crippen LogP contribution >= 0.6 is 11.3 Å². The number of hydrogen-bond donors (Lipinski definition) is 1. The van der Waals surface area contributed by atoms with Crippen molar-refractivity contribution in [3.8, 4) is 0 Å². The summed E-state index contributed by atoms with van der Waals surface area (Å²) in [5.41, 5.74) is 11.6. The van der Waals surface area contributed by atoms with Gasteiger partial charge in [-0.1, -0.05) is 24.3 Å². The van der Waals surface area contributed by atoms with Crippen LogP contribution < -0.4 is 5.73 Å². The van der Waals surface area contributed by atoms with Crippen LogP contribution in [0.5, 0.6) is 0 Å². The van der Waals surface area contributed by atoms with E-state index in [1.807, 2.05) is 5.51 Å². The number of thiazole rings is 1. The molecule has 0 atom stereocenters. The van der Waals surface area contributed by atoms with Crippen LogP contribution in [0.4, 0.5) is 5.00 Å². The number of nitrogens with zero attached hydrogens (tertiary/aromatic N) is 2. The fourth-order valence-electron chi connectivity index (χ4n) is 2.30. The predicted molar refractivity (Wildman–Crippen MR) is 70.8 cm³/mol. The lowest BCUT2D eigenvalue weighted by Crippen LogP contribution is -2.30. The zero-order valence-corrected chi connectivity index (χ0v) is 10.4. The fourth-order valence-corrected chi connectivity index (χ4v) is 2.84. The molecule has 3 nitrogen and oxygen atoms in total. The molecule has 1 aliphatic rings. The first-order valence-corrected chi connectivity index (χ1v) is 6.68. The molecule has 0 radical (unpaired) electrons. The molecule has 1 aromatic carbocycles. The Hall–Kier alpha value is -1.39. The fraction of sp³-hybridized carbons (Fsp3) is 0.308. The molecular weight excluding hydrogens is 230 g/mol. The summed E-state index contributed by atoms with van der Waals surface area (Å²) in [5.74, 6) is 0. The second-order valence-electron chi connectivity index (χ2n) is 4.39. The maximum atomic E-state index is 5.88. The highest BCUT2D eigenvalue weighted by atomic mass is 32.1. The van der Waals surface area contributed by atoms with Crippen LogP contribution in [0.3, 0.4) is 0 Å². The molecule has 2 aromatic rings. The maximum Gasteiger partial charge on any atom is 0.110 e. The van der Waals surface area contributed by atoms with E-state index in [1.54, 1.807) is 0 Å². The summed E-state index contributed by atoms with van der Waals surface area (Å²) in [5, 5.41) is 0.851. The van der Waals surface area contributed by atoms with E-state index in [9.17, 15) is 0 Å². The first kappa shape index (κ1) is 10.7. The molecule has 0 fully saturated rings. The van der Waals surface area contributed by atoms with Gasteiger partial charge in [-0.25, -0.2) is 4.98 Å². The number of nitrogen functional groups attached to an aromatic ring is 1. The topological polar surface area (TPSA) is 42.1 Å². The highest BCUT2D eigenvalue weighted by Gasteiger charge is 2.17. The Bertz CT molecular complexity index is 521. The molecule has 0 saturated carbocycles.